The number of hydrogen-bond acceptors (Lipinski definition) is 6. The number of carbonyl (C=O) groups excluding carboxylic acids is 1. The van der Waals surface area contributed by atoms with Gasteiger partial charge in [-0.3, -0.25) is 4.79 Å². The summed E-state index contributed by atoms with van der Waals surface area (Å²) in [5, 5.41) is 0. The lowest BCUT2D eigenvalue weighted by Crippen LogP contribution is -2.40. The van der Waals surface area contributed by atoms with Crippen molar-refractivity contribution in [3.8, 4) is 5.75 Å². The number of carbonyl (C=O) groups is 1. The van der Waals surface area contributed by atoms with Gasteiger partial charge in [-0.1, -0.05) is 6.07 Å². The van der Waals surface area contributed by atoms with Crippen molar-refractivity contribution in [1.82, 2.24) is 4.90 Å². The van der Waals surface area contributed by atoms with E-state index in [4.69, 9.17) is 0 Å². The lowest BCUT2D eigenvalue weighted by Gasteiger charge is -2.32. The van der Waals surface area contributed by atoms with Crippen LogP contribution >= 0.6 is 0 Å². The number of hydrogen-bond donors (Lipinski definition) is 0. The van der Waals surface area contributed by atoms with Gasteiger partial charge >= 0.3 is 12.5 Å². The molecule has 0 aromatic heterocycles. The summed E-state index contributed by atoms with van der Waals surface area (Å²) in [6.45, 7) is -0.0816. The number of nitrogens with zero attached hydrogens (tertiary/aromatic N) is 1. The molecular weight excluding hydrogens is 552 g/mol. The highest BCUT2D eigenvalue weighted by Crippen LogP contribution is 2.33. The van der Waals surface area contributed by atoms with Gasteiger partial charge in [-0.2, -0.15) is 13.2 Å². The largest absolute Gasteiger partial charge is 0.573 e. The summed E-state index contributed by atoms with van der Waals surface area (Å²) in [4.78, 5) is 13.1. The minimum Gasteiger partial charge on any atom is -0.405 e. The van der Waals surface area contributed by atoms with Gasteiger partial charge in [-0.05, 0) is 55.2 Å². The average Bonchev–Trinajstić information content (AvgIpc) is 2.77. The molecule has 0 saturated carbocycles. The third-order valence-corrected chi connectivity index (χ3v) is 8.71. The summed E-state index contributed by atoms with van der Waals surface area (Å²) in [7, 11) is -7.98. The third-order valence-electron chi connectivity index (χ3n) is 5.71. The number of ether oxygens (including phenoxy) is 1. The Hall–Kier alpha value is -2.81. The number of piperidine rings is 1. The molecule has 1 fully saturated rings. The maximum atomic E-state index is 12.9. The Balaban J connectivity index is 1.73. The fourth-order valence-electron chi connectivity index (χ4n) is 3.86. The fourth-order valence-corrected chi connectivity index (χ4v) is 6.24. The smallest absolute Gasteiger partial charge is 0.405 e. The molecule has 7 nitrogen and oxygen atoms in total. The number of alkyl halides is 6. The second-order valence-corrected chi connectivity index (χ2v) is 12.6. The first-order valence-electron chi connectivity index (χ1n) is 10.7. The monoisotopic (exact) mass is 573 g/mol. The Morgan fingerprint density at radius 3 is 2.11 bits per heavy atom. The molecule has 0 spiro atoms. The number of halogens is 6. The maximum absolute atomic E-state index is 12.9. The van der Waals surface area contributed by atoms with Crippen molar-refractivity contribution in [1.29, 1.82) is 0 Å². The summed E-state index contributed by atoms with van der Waals surface area (Å²) < 4.78 is 130. The van der Waals surface area contributed by atoms with Gasteiger partial charge in [0, 0.05) is 19.3 Å². The molecule has 1 amide bonds. The number of sulfone groups is 2. The second kappa shape index (κ2) is 10.2. The molecule has 0 unspecified atom stereocenters. The van der Waals surface area contributed by atoms with E-state index in [2.05, 4.69) is 4.74 Å². The number of rotatable bonds is 6. The first-order valence-corrected chi connectivity index (χ1v) is 14.2. The molecule has 1 saturated heterocycles. The van der Waals surface area contributed by atoms with Crippen molar-refractivity contribution >= 4 is 25.6 Å². The fraction of sp³-hybridized carbons (Fsp3) is 0.409. The number of likely N-dealkylation sites (tertiary alicyclic amines) is 1. The normalized spacial score (nSPS) is 16.0. The molecule has 2 aromatic carbocycles. The molecule has 0 bridgehead atoms. The minimum absolute atomic E-state index is 0.0408. The molecule has 0 atom stereocenters. The van der Waals surface area contributed by atoms with E-state index in [-0.39, 0.29) is 25.9 Å². The predicted octanol–water partition coefficient (Wildman–Crippen LogP) is 4.33. The minimum atomic E-state index is -5.20. The van der Waals surface area contributed by atoms with Crippen molar-refractivity contribution in [2.75, 3.05) is 25.1 Å². The zero-order valence-electron chi connectivity index (χ0n) is 19.1. The van der Waals surface area contributed by atoms with Crippen LogP contribution in [0.1, 0.15) is 28.8 Å². The van der Waals surface area contributed by atoms with Crippen molar-refractivity contribution in [2.24, 2.45) is 5.92 Å². The van der Waals surface area contributed by atoms with Crippen LogP contribution in [0.5, 0.6) is 5.75 Å². The summed E-state index contributed by atoms with van der Waals surface area (Å²) >= 11 is 0. The van der Waals surface area contributed by atoms with Gasteiger partial charge in [0.2, 0.25) is 0 Å². The zero-order chi connectivity index (χ0) is 27.8. The lowest BCUT2D eigenvalue weighted by molar-refractivity contribution is -0.274. The first-order chi connectivity index (χ1) is 16.9. The van der Waals surface area contributed by atoms with E-state index < -0.39 is 76.5 Å². The van der Waals surface area contributed by atoms with E-state index in [0.29, 0.717) is 12.1 Å². The van der Waals surface area contributed by atoms with Gasteiger partial charge in [0.25, 0.3) is 5.91 Å². The van der Waals surface area contributed by atoms with Gasteiger partial charge in [-0.25, -0.2) is 16.8 Å². The van der Waals surface area contributed by atoms with Crippen molar-refractivity contribution in [3.63, 3.8) is 0 Å². The molecule has 0 N–H and O–H groups in total. The van der Waals surface area contributed by atoms with E-state index in [1.54, 1.807) is 0 Å². The Morgan fingerprint density at radius 2 is 1.57 bits per heavy atom. The van der Waals surface area contributed by atoms with E-state index in [9.17, 15) is 48.0 Å². The second-order valence-electron chi connectivity index (χ2n) is 8.52. The van der Waals surface area contributed by atoms with Gasteiger partial charge < -0.3 is 9.64 Å². The molecule has 0 radical (unpaired) electrons. The maximum Gasteiger partial charge on any atom is 0.573 e. The van der Waals surface area contributed by atoms with Crippen molar-refractivity contribution < 1.29 is 52.7 Å². The molecule has 3 rings (SSSR count). The predicted molar refractivity (Wildman–Crippen MR) is 118 cm³/mol. The van der Waals surface area contributed by atoms with Crippen molar-refractivity contribution in [3.05, 3.63) is 53.6 Å². The Morgan fingerprint density at radius 1 is 0.946 bits per heavy atom. The molecule has 1 aliphatic rings. The van der Waals surface area contributed by atoms with Crippen LogP contribution in [-0.4, -0.2) is 59.1 Å². The van der Waals surface area contributed by atoms with Crippen LogP contribution in [0.25, 0.3) is 0 Å². The Labute approximate surface area is 208 Å². The molecule has 1 heterocycles. The summed E-state index contributed by atoms with van der Waals surface area (Å²) in [5.74, 6) is -2.85. The average molecular weight is 574 g/mol. The third kappa shape index (κ3) is 7.37. The van der Waals surface area contributed by atoms with Crippen LogP contribution in [0.15, 0.2) is 52.3 Å². The number of benzene rings is 2. The molecule has 15 heteroatoms. The van der Waals surface area contributed by atoms with Gasteiger partial charge in [0.1, 0.15) is 5.75 Å². The molecule has 2 aromatic rings. The van der Waals surface area contributed by atoms with Gasteiger partial charge in [0.05, 0.1) is 26.7 Å². The van der Waals surface area contributed by atoms with Crippen LogP contribution in [-0.2, 0) is 25.9 Å². The van der Waals surface area contributed by atoms with Crippen LogP contribution in [0.4, 0.5) is 26.3 Å². The summed E-state index contributed by atoms with van der Waals surface area (Å²) in [6, 6.07) is 5.84. The SMILES string of the molecule is CS(=O)(=O)c1ccc(C(=O)N2CCC(CS(=O)(=O)c3cccc(C(F)(F)F)c3)CC2)c(OC(F)(F)F)c1. The molecule has 204 valence electrons. The topological polar surface area (TPSA) is 97.8 Å². The standard InChI is InChI=1S/C22H21F6NO6S2/c1-36(31,32)16-5-6-18(19(12-16)35-22(26,27)28)20(30)29-9-7-14(8-10-29)13-37(33,34)17-4-2-3-15(11-17)21(23,24)25/h2-6,11-12,14H,7-10,13H2,1H3. The van der Waals surface area contributed by atoms with E-state index >= 15 is 0 Å². The molecule has 37 heavy (non-hydrogen) atoms. The quantitative estimate of drug-likeness (QED) is 0.478. The van der Waals surface area contributed by atoms with E-state index in [1.807, 2.05) is 0 Å². The van der Waals surface area contributed by atoms with Gasteiger partial charge in [-0.15, -0.1) is 13.2 Å². The molecule has 1 aliphatic heterocycles. The van der Waals surface area contributed by atoms with Crippen molar-refractivity contribution in [2.45, 2.75) is 35.2 Å². The Bertz CT molecular complexity index is 1380. The number of amides is 1. The van der Waals surface area contributed by atoms with Gasteiger partial charge in [0.15, 0.2) is 19.7 Å². The summed E-state index contributed by atoms with van der Waals surface area (Å²) in [6.07, 6.45) is -8.89. The zero-order valence-corrected chi connectivity index (χ0v) is 20.8. The highest BCUT2D eigenvalue weighted by Gasteiger charge is 2.36. The molecule has 0 aliphatic carbocycles. The first kappa shape index (κ1) is 28.8. The van der Waals surface area contributed by atoms with Crippen LogP contribution < -0.4 is 4.74 Å². The molecular formula is C22H21F6NO6S2. The van der Waals surface area contributed by atoms with Crippen LogP contribution in [0.2, 0.25) is 0 Å². The Kier molecular flexibility index (Phi) is 7.89. The van der Waals surface area contributed by atoms with Crippen LogP contribution in [0, 0.1) is 5.92 Å². The lowest BCUT2D eigenvalue weighted by atomic mass is 9.98. The highest BCUT2D eigenvalue weighted by molar-refractivity contribution is 7.91. The summed E-state index contributed by atoms with van der Waals surface area (Å²) in [5.41, 5.74) is -1.63. The van der Waals surface area contributed by atoms with E-state index in [0.717, 1.165) is 36.6 Å². The van der Waals surface area contributed by atoms with E-state index in [1.165, 1.54) is 4.90 Å². The van der Waals surface area contributed by atoms with Crippen LogP contribution in [0.3, 0.4) is 0 Å². The highest BCUT2D eigenvalue weighted by atomic mass is 32.2.